The van der Waals surface area contributed by atoms with Gasteiger partial charge in [-0.15, -0.1) is 0 Å². The van der Waals surface area contributed by atoms with E-state index in [-0.39, 0.29) is 0 Å². The van der Waals surface area contributed by atoms with Crippen LogP contribution in [0.2, 0.25) is 0 Å². The number of rotatable bonds is 5. The van der Waals surface area contributed by atoms with Crippen LogP contribution in [0.5, 0.6) is 0 Å². The summed E-state index contributed by atoms with van der Waals surface area (Å²) < 4.78 is 1.18. The Labute approximate surface area is 123 Å². The molecule has 0 spiro atoms. The van der Waals surface area contributed by atoms with E-state index in [9.17, 15) is 0 Å². The zero-order valence-corrected chi connectivity index (χ0v) is 12.9. The largest absolute Gasteiger partial charge is 0.307 e. The molecule has 0 saturated heterocycles. The number of hydrogen-bond donors (Lipinski definition) is 1. The number of halogens is 1. The van der Waals surface area contributed by atoms with Crippen molar-refractivity contribution in [3.8, 4) is 0 Å². The highest BCUT2D eigenvalue weighted by atomic mass is 79.9. The van der Waals surface area contributed by atoms with Crippen molar-refractivity contribution in [3.05, 3.63) is 64.4 Å². The van der Waals surface area contributed by atoms with Crippen molar-refractivity contribution in [2.45, 2.75) is 32.4 Å². The maximum atomic E-state index is 4.16. The van der Waals surface area contributed by atoms with Crippen molar-refractivity contribution in [1.82, 2.24) is 10.3 Å². The molecule has 1 aromatic carbocycles. The zero-order valence-electron chi connectivity index (χ0n) is 11.3. The third-order valence-electron chi connectivity index (χ3n) is 3.20. The Bertz CT molecular complexity index is 513. The van der Waals surface area contributed by atoms with Gasteiger partial charge in [0.2, 0.25) is 0 Å². The lowest BCUT2D eigenvalue weighted by atomic mass is 10.0. The molecule has 0 saturated carbocycles. The fourth-order valence-electron chi connectivity index (χ4n) is 2.21. The van der Waals surface area contributed by atoms with Crippen LogP contribution < -0.4 is 5.32 Å². The molecule has 1 N–H and O–H groups in total. The van der Waals surface area contributed by atoms with Crippen LogP contribution in [0.15, 0.2) is 53.3 Å². The van der Waals surface area contributed by atoms with E-state index in [2.05, 4.69) is 64.3 Å². The number of benzene rings is 1. The molecule has 19 heavy (non-hydrogen) atoms. The maximum absolute atomic E-state index is 4.16. The summed E-state index contributed by atoms with van der Waals surface area (Å²) in [7, 11) is 0. The Morgan fingerprint density at radius 2 is 1.95 bits per heavy atom. The van der Waals surface area contributed by atoms with Crippen LogP contribution in [0.25, 0.3) is 0 Å². The quantitative estimate of drug-likeness (QED) is 0.896. The molecule has 0 bridgehead atoms. The molecule has 0 aliphatic carbocycles. The maximum Gasteiger partial charge on any atom is 0.0315 e. The standard InChI is InChI=1S/C16H19BrN2/c1-12(10-14-6-3-4-8-16(14)17)19-13(2)15-7-5-9-18-11-15/h3-9,11-13,19H,10H2,1-2H3. The van der Waals surface area contributed by atoms with Crippen molar-refractivity contribution in [2.75, 3.05) is 0 Å². The Balaban J connectivity index is 1.95. The van der Waals surface area contributed by atoms with Crippen molar-refractivity contribution in [1.29, 1.82) is 0 Å². The summed E-state index contributed by atoms with van der Waals surface area (Å²) in [6.07, 6.45) is 4.73. The predicted molar refractivity (Wildman–Crippen MR) is 83.1 cm³/mol. The van der Waals surface area contributed by atoms with Crippen LogP contribution >= 0.6 is 15.9 Å². The Kier molecular flexibility index (Phi) is 5.11. The second kappa shape index (κ2) is 6.83. The lowest BCUT2D eigenvalue weighted by Crippen LogP contribution is -2.30. The summed E-state index contributed by atoms with van der Waals surface area (Å²) in [5.41, 5.74) is 2.56. The fourth-order valence-corrected chi connectivity index (χ4v) is 2.65. The first kappa shape index (κ1) is 14.2. The van der Waals surface area contributed by atoms with Gasteiger partial charge in [0.25, 0.3) is 0 Å². The van der Waals surface area contributed by atoms with E-state index in [1.807, 2.05) is 18.3 Å². The van der Waals surface area contributed by atoms with Gasteiger partial charge < -0.3 is 5.32 Å². The first-order valence-corrected chi connectivity index (χ1v) is 7.35. The van der Waals surface area contributed by atoms with Gasteiger partial charge in [0.05, 0.1) is 0 Å². The van der Waals surface area contributed by atoms with E-state index >= 15 is 0 Å². The fraction of sp³-hybridized carbons (Fsp3) is 0.312. The van der Waals surface area contributed by atoms with E-state index < -0.39 is 0 Å². The van der Waals surface area contributed by atoms with Gasteiger partial charge in [-0.2, -0.15) is 0 Å². The van der Waals surface area contributed by atoms with Gasteiger partial charge in [-0.25, -0.2) is 0 Å². The molecule has 0 aliphatic heterocycles. The summed E-state index contributed by atoms with van der Waals surface area (Å²) in [4.78, 5) is 4.16. The topological polar surface area (TPSA) is 24.9 Å². The van der Waals surface area contributed by atoms with Gasteiger partial charge in [-0.1, -0.05) is 40.2 Å². The van der Waals surface area contributed by atoms with Crippen LogP contribution in [0.3, 0.4) is 0 Å². The van der Waals surface area contributed by atoms with Gasteiger partial charge in [0.1, 0.15) is 0 Å². The minimum Gasteiger partial charge on any atom is -0.307 e. The summed E-state index contributed by atoms with van der Waals surface area (Å²) in [5.74, 6) is 0. The van der Waals surface area contributed by atoms with E-state index in [0.29, 0.717) is 12.1 Å². The second-order valence-corrected chi connectivity index (χ2v) is 5.73. The molecule has 1 heterocycles. The van der Waals surface area contributed by atoms with Crippen LogP contribution in [0.4, 0.5) is 0 Å². The predicted octanol–water partition coefficient (Wildman–Crippen LogP) is 4.13. The molecule has 0 radical (unpaired) electrons. The molecule has 1 aromatic heterocycles. The molecule has 3 heteroatoms. The highest BCUT2D eigenvalue weighted by Gasteiger charge is 2.11. The van der Waals surface area contributed by atoms with Crippen LogP contribution in [0, 0.1) is 0 Å². The number of aromatic nitrogens is 1. The third-order valence-corrected chi connectivity index (χ3v) is 3.98. The molecule has 100 valence electrons. The molecule has 0 amide bonds. The van der Waals surface area contributed by atoms with Gasteiger partial charge in [-0.3, -0.25) is 4.98 Å². The van der Waals surface area contributed by atoms with E-state index in [0.717, 1.165) is 6.42 Å². The van der Waals surface area contributed by atoms with Crippen molar-refractivity contribution in [2.24, 2.45) is 0 Å². The SMILES string of the molecule is CC(Cc1ccccc1Br)NC(C)c1cccnc1. The highest BCUT2D eigenvalue weighted by Crippen LogP contribution is 2.18. The third kappa shape index (κ3) is 4.15. The first-order valence-electron chi connectivity index (χ1n) is 6.56. The highest BCUT2D eigenvalue weighted by molar-refractivity contribution is 9.10. The van der Waals surface area contributed by atoms with Gasteiger partial charge in [-0.05, 0) is 43.5 Å². The summed E-state index contributed by atoms with van der Waals surface area (Å²) in [6, 6.07) is 13.2. The normalized spacial score (nSPS) is 14.1. The van der Waals surface area contributed by atoms with E-state index in [1.54, 1.807) is 6.20 Å². The monoisotopic (exact) mass is 318 g/mol. The lowest BCUT2D eigenvalue weighted by Gasteiger charge is -2.20. The van der Waals surface area contributed by atoms with Crippen molar-refractivity contribution in [3.63, 3.8) is 0 Å². The molecule has 0 fully saturated rings. The zero-order chi connectivity index (χ0) is 13.7. The first-order chi connectivity index (χ1) is 9.16. The number of hydrogen-bond acceptors (Lipinski definition) is 2. The van der Waals surface area contributed by atoms with Crippen LogP contribution in [-0.2, 0) is 6.42 Å². The summed E-state index contributed by atoms with van der Waals surface area (Å²) >= 11 is 3.60. The minimum atomic E-state index is 0.311. The Morgan fingerprint density at radius 3 is 2.63 bits per heavy atom. The summed E-state index contributed by atoms with van der Waals surface area (Å²) in [6.45, 7) is 4.39. The molecule has 2 aromatic rings. The van der Waals surface area contributed by atoms with Crippen molar-refractivity contribution >= 4 is 15.9 Å². The molecule has 2 atom stereocenters. The van der Waals surface area contributed by atoms with Gasteiger partial charge in [0.15, 0.2) is 0 Å². The number of nitrogens with one attached hydrogen (secondary N) is 1. The molecule has 2 unspecified atom stereocenters. The van der Waals surface area contributed by atoms with Crippen molar-refractivity contribution < 1.29 is 0 Å². The molecular weight excluding hydrogens is 300 g/mol. The molecule has 2 rings (SSSR count). The van der Waals surface area contributed by atoms with Crippen LogP contribution in [0.1, 0.15) is 31.0 Å². The average Bonchev–Trinajstić information content (AvgIpc) is 2.42. The van der Waals surface area contributed by atoms with E-state index in [1.165, 1.54) is 15.6 Å². The number of nitrogens with zero attached hydrogens (tertiary/aromatic N) is 1. The molecule has 0 aliphatic rings. The lowest BCUT2D eigenvalue weighted by molar-refractivity contribution is 0.476. The summed E-state index contributed by atoms with van der Waals surface area (Å²) in [5, 5.41) is 3.61. The number of pyridine rings is 1. The molecule has 2 nitrogen and oxygen atoms in total. The van der Waals surface area contributed by atoms with Gasteiger partial charge >= 0.3 is 0 Å². The Hall–Kier alpha value is -1.19. The minimum absolute atomic E-state index is 0.311. The Morgan fingerprint density at radius 1 is 1.16 bits per heavy atom. The smallest absolute Gasteiger partial charge is 0.0315 e. The second-order valence-electron chi connectivity index (χ2n) is 4.87. The van der Waals surface area contributed by atoms with Crippen LogP contribution in [-0.4, -0.2) is 11.0 Å². The average molecular weight is 319 g/mol. The van der Waals surface area contributed by atoms with E-state index in [4.69, 9.17) is 0 Å². The van der Waals surface area contributed by atoms with Gasteiger partial charge in [0, 0.05) is 29.0 Å². The molecular formula is C16H19BrN2.